The largest absolute Gasteiger partial charge is 0.377 e. The fourth-order valence-electron chi connectivity index (χ4n) is 1.11. The molecule has 5 heteroatoms. The normalized spacial score (nSPS) is 10.1. The minimum Gasteiger partial charge on any atom is -0.377 e. The van der Waals surface area contributed by atoms with Crippen molar-refractivity contribution in [2.24, 2.45) is 0 Å². The van der Waals surface area contributed by atoms with E-state index in [9.17, 15) is 10.1 Å². The predicted octanol–water partition coefficient (Wildman–Crippen LogP) is 3.26. The number of rotatable bonds is 6. The van der Waals surface area contributed by atoms with E-state index >= 15 is 0 Å². The molecule has 0 aliphatic rings. The van der Waals surface area contributed by atoms with Crippen LogP contribution in [0.2, 0.25) is 0 Å². The maximum Gasteiger partial charge on any atom is 0.326 e. The van der Waals surface area contributed by atoms with Crippen molar-refractivity contribution in [3.63, 3.8) is 0 Å². The van der Waals surface area contributed by atoms with Crippen LogP contribution in [0.5, 0.6) is 0 Å². The number of nitrogens with zero attached hydrogens (tertiary/aromatic N) is 1. The van der Waals surface area contributed by atoms with E-state index in [1.807, 2.05) is 0 Å². The van der Waals surface area contributed by atoms with Crippen molar-refractivity contribution in [3.05, 3.63) is 22.2 Å². The van der Waals surface area contributed by atoms with E-state index in [1.54, 1.807) is 6.07 Å². The molecular weight excluding hydrogens is 200 g/mol. The summed E-state index contributed by atoms with van der Waals surface area (Å²) in [6.07, 6.45) is 3.49. The maximum absolute atomic E-state index is 10.4. The highest BCUT2D eigenvalue weighted by Crippen LogP contribution is 2.28. The smallest absolute Gasteiger partial charge is 0.326 e. The molecule has 0 aromatic carbocycles. The van der Waals surface area contributed by atoms with E-state index in [0.29, 0.717) is 0 Å². The van der Waals surface area contributed by atoms with Gasteiger partial charge in [0.2, 0.25) is 0 Å². The predicted molar refractivity (Wildman–Crippen MR) is 59.0 cm³/mol. The zero-order valence-electron chi connectivity index (χ0n) is 8.16. The first-order valence-electron chi connectivity index (χ1n) is 4.72. The quantitative estimate of drug-likeness (QED) is 0.449. The minimum absolute atomic E-state index is 0.197. The lowest BCUT2D eigenvalue weighted by atomic mass is 10.2. The van der Waals surface area contributed by atoms with Gasteiger partial charge in [-0.15, -0.1) is 0 Å². The molecule has 0 radical (unpaired) electrons. The first-order valence-corrected chi connectivity index (χ1v) is 5.53. The molecule has 1 heterocycles. The zero-order valence-corrected chi connectivity index (χ0v) is 8.97. The molecule has 0 unspecified atom stereocenters. The van der Waals surface area contributed by atoms with Gasteiger partial charge in [-0.1, -0.05) is 19.8 Å². The van der Waals surface area contributed by atoms with Crippen LogP contribution in [0, 0.1) is 10.1 Å². The van der Waals surface area contributed by atoms with Gasteiger partial charge in [0, 0.05) is 12.6 Å². The molecule has 1 aromatic heterocycles. The van der Waals surface area contributed by atoms with Crippen LogP contribution < -0.4 is 5.32 Å². The number of hydrogen-bond acceptors (Lipinski definition) is 4. The highest BCUT2D eigenvalue weighted by atomic mass is 32.1. The average molecular weight is 214 g/mol. The minimum atomic E-state index is -0.359. The van der Waals surface area contributed by atoms with E-state index in [-0.39, 0.29) is 9.92 Å². The highest BCUT2D eigenvalue weighted by Gasteiger charge is 2.08. The fourth-order valence-corrected chi connectivity index (χ4v) is 1.85. The third-order valence-corrected chi connectivity index (χ3v) is 2.85. The van der Waals surface area contributed by atoms with Gasteiger partial charge in [-0.2, -0.15) is 0 Å². The van der Waals surface area contributed by atoms with E-state index in [4.69, 9.17) is 0 Å². The van der Waals surface area contributed by atoms with Crippen LogP contribution in [0.3, 0.4) is 0 Å². The number of nitro groups is 1. The van der Waals surface area contributed by atoms with E-state index in [0.717, 1.165) is 18.0 Å². The Kier molecular flexibility index (Phi) is 4.39. The summed E-state index contributed by atoms with van der Waals surface area (Å²) in [5.74, 6) is 0. The average Bonchev–Trinajstić information content (AvgIpc) is 2.61. The molecule has 0 bridgehead atoms. The Morgan fingerprint density at radius 2 is 2.29 bits per heavy atom. The first-order chi connectivity index (χ1) is 6.74. The van der Waals surface area contributed by atoms with Crippen molar-refractivity contribution < 1.29 is 4.92 Å². The zero-order chi connectivity index (χ0) is 10.4. The standard InChI is InChI=1S/C9H14N2O2S/c1-2-3-4-7-10-8-5-6-9(14-8)11(12)13/h5-6,10H,2-4,7H2,1H3. The van der Waals surface area contributed by atoms with Gasteiger partial charge in [0.15, 0.2) is 0 Å². The molecule has 0 saturated carbocycles. The van der Waals surface area contributed by atoms with Gasteiger partial charge >= 0.3 is 5.00 Å². The van der Waals surface area contributed by atoms with Gasteiger partial charge < -0.3 is 5.32 Å². The van der Waals surface area contributed by atoms with E-state index < -0.39 is 0 Å². The second-order valence-electron chi connectivity index (χ2n) is 3.03. The van der Waals surface area contributed by atoms with Crippen molar-refractivity contribution in [2.75, 3.05) is 11.9 Å². The van der Waals surface area contributed by atoms with Crippen LogP contribution in [0.15, 0.2) is 12.1 Å². The molecule has 1 N–H and O–H groups in total. The molecule has 0 aliphatic carbocycles. The fraction of sp³-hybridized carbons (Fsp3) is 0.556. The van der Waals surface area contributed by atoms with Gasteiger partial charge in [-0.3, -0.25) is 10.1 Å². The number of hydrogen-bond donors (Lipinski definition) is 1. The first kappa shape index (κ1) is 11.0. The summed E-state index contributed by atoms with van der Waals surface area (Å²) in [4.78, 5) is 10.0. The summed E-state index contributed by atoms with van der Waals surface area (Å²) in [6, 6.07) is 3.29. The Morgan fingerprint density at radius 1 is 1.50 bits per heavy atom. The molecule has 0 saturated heterocycles. The Bertz CT molecular complexity index is 299. The van der Waals surface area contributed by atoms with Crippen molar-refractivity contribution in [2.45, 2.75) is 26.2 Å². The van der Waals surface area contributed by atoms with Crippen molar-refractivity contribution in [1.82, 2.24) is 0 Å². The van der Waals surface area contributed by atoms with Crippen molar-refractivity contribution in [3.8, 4) is 0 Å². The summed E-state index contributed by atoms with van der Waals surface area (Å²) in [5.41, 5.74) is 0. The van der Waals surface area contributed by atoms with Crippen LogP contribution in [-0.2, 0) is 0 Å². The SMILES string of the molecule is CCCCCNc1ccc([N+](=O)[O-])s1. The highest BCUT2D eigenvalue weighted by molar-refractivity contribution is 7.19. The van der Waals surface area contributed by atoms with Gasteiger partial charge in [-0.05, 0) is 23.8 Å². The monoisotopic (exact) mass is 214 g/mol. The van der Waals surface area contributed by atoms with Gasteiger partial charge in [0.1, 0.15) is 0 Å². The summed E-state index contributed by atoms with van der Waals surface area (Å²) in [5, 5.41) is 14.6. The molecule has 0 fully saturated rings. The van der Waals surface area contributed by atoms with Crippen LogP contribution in [0.1, 0.15) is 26.2 Å². The Balaban J connectivity index is 2.33. The molecule has 0 amide bonds. The van der Waals surface area contributed by atoms with Crippen molar-refractivity contribution >= 4 is 21.3 Å². The Morgan fingerprint density at radius 3 is 2.86 bits per heavy atom. The Labute approximate surface area is 87.1 Å². The molecule has 1 aromatic rings. The topological polar surface area (TPSA) is 55.2 Å². The van der Waals surface area contributed by atoms with Crippen LogP contribution >= 0.6 is 11.3 Å². The summed E-state index contributed by atoms with van der Waals surface area (Å²) in [6.45, 7) is 3.04. The van der Waals surface area contributed by atoms with Crippen molar-refractivity contribution in [1.29, 1.82) is 0 Å². The lowest BCUT2D eigenvalue weighted by molar-refractivity contribution is -0.380. The third kappa shape index (κ3) is 3.33. The number of thiophene rings is 1. The third-order valence-electron chi connectivity index (χ3n) is 1.85. The molecular formula is C9H14N2O2S. The summed E-state index contributed by atoms with van der Waals surface area (Å²) < 4.78 is 0. The molecule has 14 heavy (non-hydrogen) atoms. The number of unbranched alkanes of at least 4 members (excludes halogenated alkanes) is 2. The van der Waals surface area contributed by atoms with Gasteiger partial charge in [0.25, 0.3) is 0 Å². The van der Waals surface area contributed by atoms with Gasteiger partial charge in [0.05, 0.1) is 9.92 Å². The number of nitrogens with one attached hydrogen (secondary N) is 1. The summed E-state index contributed by atoms with van der Waals surface area (Å²) >= 11 is 1.19. The lowest BCUT2D eigenvalue weighted by Crippen LogP contribution is -1.98. The van der Waals surface area contributed by atoms with Crippen LogP contribution in [0.25, 0.3) is 0 Å². The molecule has 0 aliphatic heterocycles. The molecule has 4 nitrogen and oxygen atoms in total. The molecule has 1 rings (SSSR count). The number of anilines is 1. The maximum atomic E-state index is 10.4. The molecule has 0 atom stereocenters. The molecule has 78 valence electrons. The lowest BCUT2D eigenvalue weighted by Gasteiger charge is -2.00. The summed E-state index contributed by atoms with van der Waals surface area (Å²) in [7, 11) is 0. The van der Waals surface area contributed by atoms with Crippen LogP contribution in [-0.4, -0.2) is 11.5 Å². The van der Waals surface area contributed by atoms with Gasteiger partial charge in [-0.25, -0.2) is 0 Å². The second-order valence-corrected chi connectivity index (χ2v) is 4.09. The van der Waals surface area contributed by atoms with Crippen LogP contribution in [0.4, 0.5) is 10.0 Å². The Hall–Kier alpha value is -1.10. The molecule has 0 spiro atoms. The van der Waals surface area contributed by atoms with E-state index in [2.05, 4.69) is 12.2 Å². The second kappa shape index (κ2) is 5.59. The van der Waals surface area contributed by atoms with E-state index in [1.165, 1.54) is 30.2 Å².